The van der Waals surface area contributed by atoms with Gasteiger partial charge in [0, 0.05) is 0 Å². The smallest absolute Gasteiger partial charge is 0.312 e. The zero-order valence-corrected chi connectivity index (χ0v) is 7.58. The Morgan fingerprint density at radius 3 is 1.17 bits per heavy atom. The second-order valence-corrected chi connectivity index (χ2v) is 1.34. The van der Waals surface area contributed by atoms with Crippen LogP contribution in [0.4, 0.5) is 0 Å². The summed E-state index contributed by atoms with van der Waals surface area (Å²) in [5.41, 5.74) is 0. The molecular weight excluding hydrogens is 112 g/mol. The summed E-state index contributed by atoms with van der Waals surface area (Å²) in [4.78, 5) is 2.00. The molecular formula is C3H11AlClN. The van der Waals surface area contributed by atoms with Gasteiger partial charge in [0.15, 0.2) is 0 Å². The van der Waals surface area contributed by atoms with Gasteiger partial charge in [-0.05, 0) is 21.1 Å². The molecule has 0 N–H and O–H groups in total. The fourth-order valence-corrected chi connectivity index (χ4v) is 0. The average molecular weight is 124 g/mol. The summed E-state index contributed by atoms with van der Waals surface area (Å²) in [6, 6.07) is 0. The van der Waals surface area contributed by atoms with E-state index >= 15 is 0 Å². The van der Waals surface area contributed by atoms with Gasteiger partial charge in [0.25, 0.3) is 0 Å². The number of nitrogens with zero attached hydrogens (tertiary/aromatic N) is 1. The largest absolute Gasteiger partial charge is 0.353 e. The lowest BCUT2D eigenvalue weighted by atomic mass is 11.0. The van der Waals surface area contributed by atoms with Crippen molar-refractivity contribution in [2.45, 2.75) is 0 Å². The Morgan fingerprint density at radius 2 is 1.17 bits per heavy atom. The number of halogens is 1. The summed E-state index contributed by atoms with van der Waals surface area (Å²) in [7, 11) is 10.8. The average Bonchev–Trinajstić information content (AvgIpc) is 1.41. The molecule has 0 unspecified atom stereocenters. The van der Waals surface area contributed by atoms with E-state index in [9.17, 15) is 0 Å². The number of hydrogen-bond acceptors (Lipinski definition) is 1. The van der Waals surface area contributed by atoms with Gasteiger partial charge in [-0.1, -0.05) is 0 Å². The van der Waals surface area contributed by atoms with Crippen molar-refractivity contribution in [2.24, 2.45) is 0 Å². The summed E-state index contributed by atoms with van der Waals surface area (Å²) < 4.78 is 0. The molecule has 1 nitrogen and oxygen atoms in total. The minimum absolute atomic E-state index is 0.778. The molecule has 38 valence electrons. The van der Waals surface area contributed by atoms with Crippen molar-refractivity contribution in [1.29, 1.82) is 0 Å². The van der Waals surface area contributed by atoms with E-state index in [-0.39, 0.29) is 0 Å². The Hall–Kier alpha value is 0.782. The Morgan fingerprint density at radius 1 is 1.17 bits per heavy atom. The van der Waals surface area contributed by atoms with Gasteiger partial charge in [0.1, 0.15) is 0 Å². The van der Waals surface area contributed by atoms with Crippen molar-refractivity contribution in [1.82, 2.24) is 4.90 Å². The third-order valence-electron chi connectivity index (χ3n) is 0. The molecule has 0 atom stereocenters. The maximum atomic E-state index is 4.78. The lowest BCUT2D eigenvalue weighted by molar-refractivity contribution is 0.505. The van der Waals surface area contributed by atoms with E-state index in [4.69, 9.17) is 10.0 Å². The van der Waals surface area contributed by atoms with E-state index in [1.54, 1.807) is 0 Å². The van der Waals surface area contributed by atoms with Crippen LogP contribution < -0.4 is 0 Å². The highest BCUT2D eigenvalue weighted by Crippen LogP contribution is 1.47. The lowest BCUT2D eigenvalue weighted by Gasteiger charge is -1.90. The van der Waals surface area contributed by atoms with Crippen molar-refractivity contribution in [3.63, 3.8) is 0 Å². The predicted molar refractivity (Wildman–Crippen MR) is 34.0 cm³/mol. The van der Waals surface area contributed by atoms with Gasteiger partial charge in [0.2, 0.25) is 0 Å². The molecule has 6 heavy (non-hydrogen) atoms. The molecule has 0 aromatic rings. The summed E-state index contributed by atoms with van der Waals surface area (Å²) >= 11 is 0.778. The fraction of sp³-hybridized carbons (Fsp3) is 1.00. The Labute approximate surface area is 51.9 Å². The van der Waals surface area contributed by atoms with Crippen LogP contribution in [0, 0.1) is 0 Å². The van der Waals surface area contributed by atoms with Crippen LogP contribution in [0.1, 0.15) is 0 Å². The van der Waals surface area contributed by atoms with Crippen LogP contribution in [0.3, 0.4) is 0 Å². The first-order chi connectivity index (χ1) is 2.73. The van der Waals surface area contributed by atoms with Crippen LogP contribution in [-0.2, 0) is 0 Å². The molecule has 0 bridgehead atoms. The molecule has 0 heterocycles. The van der Waals surface area contributed by atoms with Crippen molar-refractivity contribution in [2.75, 3.05) is 21.1 Å². The van der Waals surface area contributed by atoms with Gasteiger partial charge >= 0.3 is 15.4 Å². The van der Waals surface area contributed by atoms with Crippen LogP contribution >= 0.6 is 10.0 Å². The normalized spacial score (nSPS) is 6.83. The zero-order chi connectivity index (χ0) is 5.58. The minimum atomic E-state index is 0.778. The van der Waals surface area contributed by atoms with Gasteiger partial charge in [-0.15, -0.1) is 0 Å². The first kappa shape index (κ1) is 9.92. The molecule has 0 aromatic heterocycles. The summed E-state index contributed by atoms with van der Waals surface area (Å²) in [5.74, 6) is 0. The molecule has 0 spiro atoms. The predicted octanol–water partition coefficient (Wildman–Crippen LogP) is -0.0489. The Balaban J connectivity index is 0. The van der Waals surface area contributed by atoms with Crippen molar-refractivity contribution in [3.05, 3.63) is 0 Å². The molecule has 0 rings (SSSR count). The number of rotatable bonds is 0. The SMILES string of the molecule is CN(C)C.[AlH2][Cl]. The van der Waals surface area contributed by atoms with Gasteiger partial charge in [-0.25, -0.2) is 0 Å². The van der Waals surface area contributed by atoms with Crippen molar-refractivity contribution in [3.8, 4) is 0 Å². The molecule has 3 heteroatoms. The monoisotopic (exact) mass is 123 g/mol. The van der Waals surface area contributed by atoms with Crippen LogP contribution in [0.5, 0.6) is 0 Å². The van der Waals surface area contributed by atoms with Gasteiger partial charge in [-0.3, -0.25) is 10.0 Å². The molecule has 0 aliphatic rings. The second-order valence-electron chi connectivity index (χ2n) is 1.34. The molecule has 0 saturated heterocycles. The van der Waals surface area contributed by atoms with E-state index in [0.717, 1.165) is 15.4 Å². The Bertz CT molecular complexity index is 15.5. The standard InChI is InChI=1S/C3H9N.Al.ClH.2H/c1-4(2)3;;;;/h1-3H3;;1H;;/q;+1;;;/p-1. The van der Waals surface area contributed by atoms with Gasteiger partial charge in [-0.2, -0.15) is 0 Å². The highest BCUT2D eigenvalue weighted by molar-refractivity contribution is 6.80. The van der Waals surface area contributed by atoms with E-state index in [1.807, 2.05) is 26.0 Å². The molecule has 0 aliphatic carbocycles. The molecule has 0 amide bonds. The summed E-state index contributed by atoms with van der Waals surface area (Å²) in [6.07, 6.45) is 0. The van der Waals surface area contributed by atoms with E-state index < -0.39 is 0 Å². The highest BCUT2D eigenvalue weighted by atomic mass is 35.6. The van der Waals surface area contributed by atoms with Crippen LogP contribution in [-0.4, -0.2) is 41.4 Å². The van der Waals surface area contributed by atoms with Crippen molar-refractivity contribution >= 4 is 25.4 Å². The zero-order valence-electron chi connectivity index (χ0n) is 4.83. The Kier molecular flexibility index (Phi) is 15.3. The van der Waals surface area contributed by atoms with E-state index in [2.05, 4.69) is 0 Å². The quantitative estimate of drug-likeness (QED) is 0.409. The van der Waals surface area contributed by atoms with E-state index in [0.29, 0.717) is 0 Å². The minimum Gasteiger partial charge on any atom is -0.312 e. The first-order valence-corrected chi connectivity index (χ1v) is 4.74. The third kappa shape index (κ3) is 112. The molecule has 0 fully saturated rings. The molecule has 0 saturated carbocycles. The van der Waals surface area contributed by atoms with Crippen LogP contribution in [0.25, 0.3) is 0 Å². The third-order valence-corrected chi connectivity index (χ3v) is 0. The first-order valence-electron chi connectivity index (χ1n) is 1.72. The van der Waals surface area contributed by atoms with Crippen molar-refractivity contribution < 1.29 is 0 Å². The maximum absolute atomic E-state index is 4.78. The van der Waals surface area contributed by atoms with E-state index in [1.165, 1.54) is 0 Å². The van der Waals surface area contributed by atoms with Crippen LogP contribution in [0.15, 0.2) is 0 Å². The van der Waals surface area contributed by atoms with Gasteiger partial charge in [0.05, 0.1) is 0 Å². The number of hydrogen-bond donors (Lipinski definition) is 0. The summed E-state index contributed by atoms with van der Waals surface area (Å²) in [6.45, 7) is 0. The molecule has 0 radical (unpaired) electrons. The topological polar surface area (TPSA) is 3.24 Å². The highest BCUT2D eigenvalue weighted by Gasteiger charge is 1.58. The van der Waals surface area contributed by atoms with Gasteiger partial charge < -0.3 is 4.90 Å². The second kappa shape index (κ2) is 9.24. The molecule has 0 aliphatic heterocycles. The fourth-order valence-electron chi connectivity index (χ4n) is 0. The summed E-state index contributed by atoms with van der Waals surface area (Å²) in [5, 5.41) is 0. The lowest BCUT2D eigenvalue weighted by Crippen LogP contribution is -1.99. The van der Waals surface area contributed by atoms with Crippen LogP contribution in [0.2, 0.25) is 0 Å². The molecule has 0 aromatic carbocycles. The maximum Gasteiger partial charge on any atom is 0.353 e.